The molecule has 1 aromatic carbocycles. The molecule has 0 saturated carbocycles. The normalized spacial score (nSPS) is 12.2. The molecule has 0 fully saturated rings. The molecule has 0 unspecified atom stereocenters. The molecule has 112 valence electrons. The molecule has 1 heterocycles. The number of hydrogen-bond donors (Lipinski definition) is 2. The molecule has 1 atom stereocenters. The highest BCUT2D eigenvalue weighted by molar-refractivity contribution is 5.87. The van der Waals surface area contributed by atoms with E-state index in [9.17, 15) is 4.79 Å². The molecule has 0 amide bonds. The summed E-state index contributed by atoms with van der Waals surface area (Å²) in [6, 6.07) is 5.58. The molecule has 0 spiro atoms. The van der Waals surface area contributed by atoms with Crippen molar-refractivity contribution in [2.75, 3.05) is 7.11 Å². The highest BCUT2D eigenvalue weighted by atomic mass is 16.5. The van der Waals surface area contributed by atoms with Gasteiger partial charge in [0.05, 0.1) is 7.11 Å². The Hall–Kier alpha value is -2.07. The van der Waals surface area contributed by atoms with Crippen LogP contribution in [0.2, 0.25) is 0 Å². The standard InChI is InChI=1S/C17H22N2O2/c1-11(2)7-8-12-5-4-6-14-13(10-19-16(12)14)9-15(18)17(20)21-3/h4-7,10,15,19H,8-9,18H2,1-3H3/t15-/m0/s1. The molecule has 4 nitrogen and oxygen atoms in total. The van der Waals surface area contributed by atoms with Gasteiger partial charge in [-0.25, -0.2) is 0 Å². The maximum atomic E-state index is 11.5. The number of carbonyl (C=O) groups excluding carboxylic acids is 1. The van der Waals surface area contributed by atoms with E-state index in [1.807, 2.05) is 12.3 Å². The number of nitrogens with one attached hydrogen (secondary N) is 1. The average molecular weight is 286 g/mol. The van der Waals surface area contributed by atoms with Crippen LogP contribution in [-0.2, 0) is 22.4 Å². The van der Waals surface area contributed by atoms with Crippen LogP contribution in [0.1, 0.15) is 25.0 Å². The molecule has 1 aromatic heterocycles. The van der Waals surface area contributed by atoms with Crippen LogP contribution in [0.4, 0.5) is 0 Å². The maximum Gasteiger partial charge on any atom is 0.322 e. The van der Waals surface area contributed by atoms with E-state index in [0.717, 1.165) is 22.9 Å². The predicted molar refractivity (Wildman–Crippen MR) is 85.1 cm³/mol. The maximum absolute atomic E-state index is 11.5. The Balaban J connectivity index is 2.30. The van der Waals surface area contributed by atoms with Gasteiger partial charge in [0.2, 0.25) is 0 Å². The summed E-state index contributed by atoms with van der Waals surface area (Å²) in [6.45, 7) is 4.19. The molecule has 4 heteroatoms. The third-order valence-corrected chi connectivity index (χ3v) is 3.56. The lowest BCUT2D eigenvalue weighted by Crippen LogP contribution is -2.33. The SMILES string of the molecule is COC(=O)[C@@H](N)Cc1c[nH]c2c(CC=C(C)C)cccc12. The van der Waals surface area contributed by atoms with Gasteiger partial charge in [0, 0.05) is 23.5 Å². The third-order valence-electron chi connectivity index (χ3n) is 3.56. The number of rotatable bonds is 5. The van der Waals surface area contributed by atoms with Gasteiger partial charge < -0.3 is 15.5 Å². The van der Waals surface area contributed by atoms with Crippen molar-refractivity contribution in [2.45, 2.75) is 32.7 Å². The molecule has 3 N–H and O–H groups in total. The largest absolute Gasteiger partial charge is 0.468 e. The monoisotopic (exact) mass is 286 g/mol. The molecule has 0 aliphatic rings. The zero-order valence-corrected chi connectivity index (χ0v) is 12.8. The number of ether oxygens (including phenoxy) is 1. The molecular weight excluding hydrogens is 264 g/mol. The van der Waals surface area contributed by atoms with Crippen molar-refractivity contribution in [2.24, 2.45) is 5.73 Å². The molecule has 0 saturated heterocycles. The van der Waals surface area contributed by atoms with Crippen molar-refractivity contribution >= 4 is 16.9 Å². The summed E-state index contributed by atoms with van der Waals surface area (Å²) in [7, 11) is 1.36. The lowest BCUT2D eigenvalue weighted by molar-refractivity contribution is -0.142. The Morgan fingerprint density at radius 3 is 2.81 bits per heavy atom. The van der Waals surface area contributed by atoms with Gasteiger partial charge >= 0.3 is 5.97 Å². The Kier molecular flexibility index (Phi) is 4.81. The van der Waals surface area contributed by atoms with Gasteiger partial charge in [-0.05, 0) is 31.4 Å². The molecule has 2 rings (SSSR count). The fourth-order valence-electron chi connectivity index (χ4n) is 2.40. The minimum Gasteiger partial charge on any atom is -0.468 e. The van der Waals surface area contributed by atoms with Gasteiger partial charge in [-0.3, -0.25) is 4.79 Å². The Morgan fingerprint density at radius 2 is 2.14 bits per heavy atom. The second-order valence-corrected chi connectivity index (χ2v) is 5.47. The molecule has 2 aromatic rings. The molecule has 0 aliphatic carbocycles. The van der Waals surface area contributed by atoms with Crippen LogP contribution in [0.5, 0.6) is 0 Å². The van der Waals surface area contributed by atoms with Gasteiger partial charge in [0.25, 0.3) is 0 Å². The number of fused-ring (bicyclic) bond motifs is 1. The average Bonchev–Trinajstić information content (AvgIpc) is 2.87. The first kappa shape index (κ1) is 15.3. The highest BCUT2D eigenvalue weighted by Gasteiger charge is 2.17. The van der Waals surface area contributed by atoms with Crippen LogP contribution >= 0.6 is 0 Å². The summed E-state index contributed by atoms with van der Waals surface area (Å²) in [5.74, 6) is -0.384. The van der Waals surface area contributed by atoms with Crippen molar-refractivity contribution in [3.8, 4) is 0 Å². The Bertz CT molecular complexity index is 666. The number of aromatic amines is 1. The topological polar surface area (TPSA) is 68.1 Å². The third kappa shape index (κ3) is 3.52. The van der Waals surface area contributed by atoms with Gasteiger partial charge in [0.15, 0.2) is 0 Å². The summed E-state index contributed by atoms with van der Waals surface area (Å²) in [4.78, 5) is 14.8. The van der Waals surface area contributed by atoms with E-state index in [4.69, 9.17) is 5.73 Å². The number of hydrogen-bond acceptors (Lipinski definition) is 3. The minimum absolute atomic E-state index is 0.384. The second-order valence-electron chi connectivity index (χ2n) is 5.47. The van der Waals surface area contributed by atoms with E-state index in [2.05, 4.69) is 41.8 Å². The van der Waals surface area contributed by atoms with Gasteiger partial charge in [0.1, 0.15) is 6.04 Å². The number of H-pyrrole nitrogens is 1. The van der Waals surface area contributed by atoms with Crippen molar-refractivity contribution in [3.63, 3.8) is 0 Å². The van der Waals surface area contributed by atoms with Crippen LogP contribution in [-0.4, -0.2) is 24.1 Å². The first-order valence-electron chi connectivity index (χ1n) is 7.07. The number of nitrogens with two attached hydrogens (primary N) is 1. The van der Waals surface area contributed by atoms with E-state index in [1.165, 1.54) is 18.2 Å². The number of carbonyl (C=O) groups is 1. The van der Waals surface area contributed by atoms with Crippen LogP contribution in [0.3, 0.4) is 0 Å². The fraction of sp³-hybridized carbons (Fsp3) is 0.353. The van der Waals surface area contributed by atoms with E-state index in [-0.39, 0.29) is 5.97 Å². The van der Waals surface area contributed by atoms with E-state index in [1.54, 1.807) is 0 Å². The number of methoxy groups -OCH3 is 1. The predicted octanol–water partition coefficient (Wildman–Crippen LogP) is 2.72. The summed E-state index contributed by atoms with van der Waals surface area (Å²) in [5, 5.41) is 1.12. The quantitative estimate of drug-likeness (QED) is 0.656. The lowest BCUT2D eigenvalue weighted by atomic mass is 10.0. The molecular formula is C17H22N2O2. The van der Waals surface area contributed by atoms with Crippen molar-refractivity contribution in [1.82, 2.24) is 4.98 Å². The minimum atomic E-state index is -0.629. The zero-order chi connectivity index (χ0) is 15.4. The summed E-state index contributed by atoms with van der Waals surface area (Å²) in [6.07, 6.45) is 5.50. The number of allylic oxidation sites excluding steroid dienone is 2. The van der Waals surface area contributed by atoms with Crippen molar-refractivity contribution < 1.29 is 9.53 Å². The van der Waals surface area contributed by atoms with E-state index in [0.29, 0.717) is 6.42 Å². The van der Waals surface area contributed by atoms with Gasteiger partial charge in [-0.1, -0.05) is 29.8 Å². The van der Waals surface area contributed by atoms with Crippen LogP contribution in [0, 0.1) is 0 Å². The zero-order valence-electron chi connectivity index (χ0n) is 12.8. The summed E-state index contributed by atoms with van der Waals surface area (Å²) >= 11 is 0. The lowest BCUT2D eigenvalue weighted by Gasteiger charge is -2.08. The molecule has 0 aliphatic heterocycles. The summed E-state index contributed by atoms with van der Waals surface area (Å²) < 4.78 is 4.68. The molecule has 0 radical (unpaired) electrons. The number of para-hydroxylation sites is 1. The highest BCUT2D eigenvalue weighted by Crippen LogP contribution is 2.23. The van der Waals surface area contributed by atoms with Crippen LogP contribution in [0.15, 0.2) is 36.0 Å². The first-order valence-corrected chi connectivity index (χ1v) is 7.07. The summed E-state index contributed by atoms with van der Waals surface area (Å²) in [5.41, 5.74) is 10.5. The number of esters is 1. The van der Waals surface area contributed by atoms with E-state index < -0.39 is 6.04 Å². The molecule has 21 heavy (non-hydrogen) atoms. The van der Waals surface area contributed by atoms with E-state index >= 15 is 0 Å². The Labute approximate surface area is 125 Å². The van der Waals surface area contributed by atoms with Gasteiger partial charge in [-0.2, -0.15) is 0 Å². The number of aromatic nitrogens is 1. The van der Waals surface area contributed by atoms with Crippen molar-refractivity contribution in [3.05, 3.63) is 47.2 Å². The Morgan fingerprint density at radius 1 is 1.38 bits per heavy atom. The van der Waals surface area contributed by atoms with Crippen molar-refractivity contribution in [1.29, 1.82) is 0 Å². The molecule has 0 bridgehead atoms. The smallest absolute Gasteiger partial charge is 0.322 e. The fourth-order valence-corrected chi connectivity index (χ4v) is 2.40. The first-order chi connectivity index (χ1) is 10.0. The number of benzene rings is 1. The second kappa shape index (κ2) is 6.59. The van der Waals surface area contributed by atoms with Crippen LogP contribution < -0.4 is 5.73 Å². The van der Waals surface area contributed by atoms with Crippen LogP contribution in [0.25, 0.3) is 10.9 Å². The van der Waals surface area contributed by atoms with Gasteiger partial charge in [-0.15, -0.1) is 0 Å².